The Morgan fingerprint density at radius 1 is 1.11 bits per heavy atom. The van der Waals surface area contributed by atoms with E-state index in [9.17, 15) is 0 Å². The zero-order valence-corrected chi connectivity index (χ0v) is 12.2. The third kappa shape index (κ3) is 3.40. The summed E-state index contributed by atoms with van der Waals surface area (Å²) in [6.07, 6.45) is 1.98. The van der Waals surface area contributed by atoms with Crippen molar-refractivity contribution in [2.75, 3.05) is 18.6 Å². The molecule has 0 aliphatic rings. The van der Waals surface area contributed by atoms with Gasteiger partial charge in [0, 0.05) is 18.0 Å². The van der Waals surface area contributed by atoms with Crippen molar-refractivity contribution < 1.29 is 0 Å². The van der Waals surface area contributed by atoms with Crippen LogP contribution in [0.1, 0.15) is 5.56 Å². The maximum atomic E-state index is 4.49. The van der Waals surface area contributed by atoms with Gasteiger partial charge in [0.2, 0.25) is 0 Å². The number of rotatable bonds is 4. The van der Waals surface area contributed by atoms with Crippen LogP contribution in [0.3, 0.4) is 0 Å². The molecule has 1 N–H and O–H groups in total. The van der Waals surface area contributed by atoms with Crippen LogP contribution in [0.15, 0.2) is 45.4 Å². The smallest absolute Gasteiger partial charge is 0.190 e. The Balaban J connectivity index is 2.25. The van der Waals surface area contributed by atoms with Gasteiger partial charge in [0.25, 0.3) is 0 Å². The van der Waals surface area contributed by atoms with Crippen molar-refractivity contribution in [1.82, 2.24) is 9.97 Å². The maximum Gasteiger partial charge on any atom is 0.190 e. The number of hydrogen-bond donors (Lipinski definition) is 1. The van der Waals surface area contributed by atoms with Crippen molar-refractivity contribution >= 4 is 29.3 Å². The van der Waals surface area contributed by atoms with E-state index in [1.54, 1.807) is 23.5 Å². The number of anilines is 1. The van der Waals surface area contributed by atoms with E-state index in [1.165, 1.54) is 10.5 Å². The van der Waals surface area contributed by atoms with E-state index in [1.807, 2.05) is 19.4 Å². The quantitative estimate of drug-likeness (QED) is 0.524. The second-order valence-corrected chi connectivity index (χ2v) is 5.61. The molecule has 0 bridgehead atoms. The second kappa shape index (κ2) is 6.11. The van der Waals surface area contributed by atoms with Crippen LogP contribution < -0.4 is 5.32 Å². The number of aromatic nitrogens is 2. The summed E-state index contributed by atoms with van der Waals surface area (Å²) in [6.45, 7) is 2.09. The lowest BCUT2D eigenvalue weighted by atomic mass is 10.2. The molecule has 5 heteroatoms. The minimum atomic E-state index is 0.788. The van der Waals surface area contributed by atoms with Gasteiger partial charge in [0.1, 0.15) is 10.8 Å². The molecule has 2 rings (SSSR count). The van der Waals surface area contributed by atoms with Crippen molar-refractivity contribution in [1.29, 1.82) is 0 Å². The number of nitrogens with zero attached hydrogens (tertiary/aromatic N) is 2. The second-order valence-electron chi connectivity index (χ2n) is 3.74. The molecule has 2 aromatic rings. The van der Waals surface area contributed by atoms with Gasteiger partial charge in [0.15, 0.2) is 5.16 Å². The number of thioether (sulfide) groups is 1. The molecular weight excluding hydrogens is 262 g/mol. The Bertz CT molecular complexity index is 504. The van der Waals surface area contributed by atoms with E-state index in [0.717, 1.165) is 16.0 Å². The summed E-state index contributed by atoms with van der Waals surface area (Å²) in [6, 6.07) is 10.4. The van der Waals surface area contributed by atoms with Crippen molar-refractivity contribution in [3.05, 3.63) is 35.9 Å². The van der Waals surface area contributed by atoms with Crippen molar-refractivity contribution in [2.24, 2.45) is 0 Å². The van der Waals surface area contributed by atoms with Crippen molar-refractivity contribution in [3.63, 3.8) is 0 Å². The fourth-order valence-corrected chi connectivity index (χ4v) is 2.66. The third-order valence-electron chi connectivity index (χ3n) is 2.36. The fraction of sp³-hybridized carbons (Fsp3) is 0.231. The summed E-state index contributed by atoms with van der Waals surface area (Å²) in [5.74, 6) is 0.851. The highest BCUT2D eigenvalue weighted by atomic mass is 32.2. The van der Waals surface area contributed by atoms with Crippen LogP contribution >= 0.6 is 23.5 Å². The average molecular weight is 277 g/mol. The summed E-state index contributed by atoms with van der Waals surface area (Å²) >= 11 is 3.20. The minimum Gasteiger partial charge on any atom is -0.373 e. The predicted molar refractivity (Wildman–Crippen MR) is 78.7 cm³/mol. The van der Waals surface area contributed by atoms with Crippen LogP contribution in [0.5, 0.6) is 0 Å². The van der Waals surface area contributed by atoms with Gasteiger partial charge in [-0.3, -0.25) is 0 Å². The van der Waals surface area contributed by atoms with E-state index in [-0.39, 0.29) is 0 Å². The first-order valence-corrected chi connectivity index (χ1v) is 7.61. The molecule has 1 aromatic heterocycles. The fourth-order valence-electron chi connectivity index (χ4n) is 1.40. The first kappa shape index (κ1) is 13.2. The summed E-state index contributed by atoms with van der Waals surface area (Å²) in [5, 5.41) is 4.81. The molecule has 0 saturated carbocycles. The molecule has 0 spiro atoms. The molecular formula is C13H15N3S2. The van der Waals surface area contributed by atoms with E-state index >= 15 is 0 Å². The monoisotopic (exact) mass is 277 g/mol. The number of hydrogen-bond acceptors (Lipinski definition) is 5. The van der Waals surface area contributed by atoms with Crippen LogP contribution in [-0.2, 0) is 0 Å². The van der Waals surface area contributed by atoms with Crippen molar-refractivity contribution in [2.45, 2.75) is 22.0 Å². The summed E-state index contributed by atoms with van der Waals surface area (Å²) in [5.41, 5.74) is 1.27. The lowest BCUT2D eigenvalue weighted by Gasteiger charge is -2.06. The van der Waals surface area contributed by atoms with Crippen LogP contribution in [0, 0.1) is 6.92 Å². The number of nitrogens with one attached hydrogen (secondary N) is 1. The van der Waals surface area contributed by atoms with Gasteiger partial charge >= 0.3 is 0 Å². The van der Waals surface area contributed by atoms with Crippen LogP contribution in [0.4, 0.5) is 5.82 Å². The van der Waals surface area contributed by atoms with Gasteiger partial charge in [0.05, 0.1) is 0 Å². The molecule has 1 heterocycles. The highest BCUT2D eigenvalue weighted by Crippen LogP contribution is 2.28. The molecule has 94 valence electrons. The lowest BCUT2D eigenvalue weighted by Crippen LogP contribution is -1.96. The Kier molecular flexibility index (Phi) is 4.49. The van der Waals surface area contributed by atoms with Gasteiger partial charge in [-0.2, -0.15) is 0 Å². The molecule has 0 aliphatic carbocycles. The van der Waals surface area contributed by atoms with Crippen molar-refractivity contribution in [3.8, 4) is 0 Å². The highest BCUT2D eigenvalue weighted by molar-refractivity contribution is 7.99. The molecule has 3 nitrogen and oxygen atoms in total. The number of aryl methyl sites for hydroxylation is 1. The molecule has 0 fully saturated rings. The lowest BCUT2D eigenvalue weighted by molar-refractivity contribution is 0.897. The first-order valence-electron chi connectivity index (χ1n) is 5.56. The van der Waals surface area contributed by atoms with Crippen LogP contribution in [0.2, 0.25) is 0 Å². The molecule has 0 unspecified atom stereocenters. The highest BCUT2D eigenvalue weighted by Gasteiger charge is 2.04. The van der Waals surface area contributed by atoms with Crippen LogP contribution in [-0.4, -0.2) is 23.3 Å². The van der Waals surface area contributed by atoms with Gasteiger partial charge in [-0.15, -0.1) is 0 Å². The zero-order chi connectivity index (χ0) is 13.0. The third-order valence-corrected chi connectivity index (χ3v) is 3.84. The van der Waals surface area contributed by atoms with E-state index < -0.39 is 0 Å². The van der Waals surface area contributed by atoms with Gasteiger partial charge < -0.3 is 5.32 Å². The maximum absolute atomic E-state index is 4.49. The molecule has 0 atom stereocenters. The summed E-state index contributed by atoms with van der Waals surface area (Å²) < 4.78 is 0. The topological polar surface area (TPSA) is 37.8 Å². The number of benzene rings is 1. The first-order chi connectivity index (χ1) is 8.71. The minimum absolute atomic E-state index is 0.788. The van der Waals surface area contributed by atoms with Crippen LogP contribution in [0.25, 0.3) is 0 Å². The SMILES string of the molecule is CNc1cc(Sc2ccc(C)cc2)nc(SC)n1. The predicted octanol–water partition coefficient (Wildman–Crippen LogP) is 3.70. The largest absolute Gasteiger partial charge is 0.373 e. The molecule has 0 saturated heterocycles. The van der Waals surface area contributed by atoms with E-state index in [2.05, 4.69) is 46.5 Å². The Morgan fingerprint density at radius 3 is 2.44 bits per heavy atom. The van der Waals surface area contributed by atoms with Gasteiger partial charge in [-0.25, -0.2) is 9.97 Å². The summed E-state index contributed by atoms with van der Waals surface area (Å²) in [4.78, 5) is 10.0. The Morgan fingerprint density at radius 2 is 1.83 bits per heavy atom. The molecule has 0 aliphatic heterocycles. The Hall–Kier alpha value is -1.20. The zero-order valence-electron chi connectivity index (χ0n) is 10.6. The molecule has 1 aromatic carbocycles. The standard InChI is InChI=1S/C13H15N3S2/c1-9-4-6-10(7-5-9)18-12-8-11(14-2)15-13(16-12)17-3/h4-8H,1-3H3,(H,14,15,16). The van der Waals surface area contributed by atoms with E-state index in [0.29, 0.717) is 0 Å². The van der Waals surface area contributed by atoms with E-state index in [4.69, 9.17) is 0 Å². The van der Waals surface area contributed by atoms with Gasteiger partial charge in [-0.1, -0.05) is 41.2 Å². The molecule has 0 radical (unpaired) electrons. The summed E-state index contributed by atoms with van der Waals surface area (Å²) in [7, 11) is 1.87. The molecule has 0 amide bonds. The molecule has 18 heavy (non-hydrogen) atoms. The Labute approximate surface area is 116 Å². The van der Waals surface area contributed by atoms with Gasteiger partial charge in [-0.05, 0) is 25.3 Å². The average Bonchev–Trinajstić information content (AvgIpc) is 2.41. The normalized spacial score (nSPS) is 10.4.